The summed E-state index contributed by atoms with van der Waals surface area (Å²) >= 11 is 0. The molecule has 0 aliphatic carbocycles. The van der Waals surface area contributed by atoms with Crippen molar-refractivity contribution in [1.29, 1.82) is 0 Å². The molecular weight excluding hydrogens is 361 g/mol. The maximum absolute atomic E-state index is 5.02. The van der Waals surface area contributed by atoms with Gasteiger partial charge in [0.1, 0.15) is 0 Å². The highest BCUT2D eigenvalue weighted by Crippen LogP contribution is 2.35. The molecule has 0 saturated heterocycles. The fourth-order valence-corrected chi connectivity index (χ4v) is 4.01. The van der Waals surface area contributed by atoms with Crippen molar-refractivity contribution in [2.45, 2.75) is 79.6 Å². The van der Waals surface area contributed by atoms with E-state index >= 15 is 0 Å². The van der Waals surface area contributed by atoms with Crippen LogP contribution in [0.15, 0.2) is 42.5 Å². The second kappa shape index (κ2) is 7.55. The minimum atomic E-state index is 0.0928. The lowest BCUT2D eigenvalue weighted by molar-refractivity contribution is 0.411. The minimum Gasteiger partial charge on any atom is -0.263 e. The molecule has 30 heavy (non-hydrogen) atoms. The normalized spacial score (nSPS) is 13.1. The van der Waals surface area contributed by atoms with Crippen LogP contribution in [0.1, 0.15) is 79.0 Å². The molecule has 3 aromatic rings. The molecule has 2 heteroatoms. The maximum Gasteiger partial charge on any atom is 0.163 e. The first-order chi connectivity index (χ1) is 13.6. The molecule has 3 rings (SSSR count). The van der Waals surface area contributed by atoms with Gasteiger partial charge in [-0.1, -0.05) is 86.6 Å². The summed E-state index contributed by atoms with van der Waals surface area (Å²) < 4.78 is 0. The summed E-state index contributed by atoms with van der Waals surface area (Å²) in [5.41, 5.74) is 7.99. The zero-order chi connectivity index (χ0) is 22.5. The molecule has 158 valence electrons. The highest BCUT2D eigenvalue weighted by molar-refractivity contribution is 6.32. The van der Waals surface area contributed by atoms with E-state index < -0.39 is 0 Å². The number of pyridine rings is 1. The van der Waals surface area contributed by atoms with Gasteiger partial charge in [-0.25, -0.2) is 0 Å². The van der Waals surface area contributed by atoms with Gasteiger partial charge < -0.3 is 0 Å². The Bertz CT molecular complexity index is 1040. The molecule has 0 fully saturated rings. The summed E-state index contributed by atoms with van der Waals surface area (Å²) in [4.78, 5) is 5.02. The summed E-state index contributed by atoms with van der Waals surface area (Å²) in [6, 6.07) is 16.2. The molecule has 1 aromatic heterocycles. The van der Waals surface area contributed by atoms with Crippen LogP contribution in [0.25, 0.3) is 22.0 Å². The first kappa shape index (κ1) is 22.6. The Kier molecular flexibility index (Phi) is 5.69. The number of benzene rings is 2. The van der Waals surface area contributed by atoms with Gasteiger partial charge in [-0.3, -0.25) is 4.98 Å². The van der Waals surface area contributed by atoms with Crippen molar-refractivity contribution < 1.29 is 0 Å². The van der Waals surface area contributed by atoms with Crippen molar-refractivity contribution in [3.63, 3.8) is 0 Å². The van der Waals surface area contributed by atoms with Crippen molar-refractivity contribution in [3.8, 4) is 11.3 Å². The van der Waals surface area contributed by atoms with Crippen molar-refractivity contribution in [2.75, 3.05) is 0 Å². The van der Waals surface area contributed by atoms with E-state index in [4.69, 9.17) is 4.98 Å². The van der Waals surface area contributed by atoms with Gasteiger partial charge in [0.15, 0.2) is 7.85 Å². The third-order valence-electron chi connectivity index (χ3n) is 5.70. The zero-order valence-electron chi connectivity index (χ0n) is 20.7. The standard InChI is InChI=1S/C28H38BN/c1-26(2,3)17-18-10-11-23-19(12-18)15-24(29)30-25(23)20-13-21(27(4,5)6)16-22(14-20)28(7,8)9/h10-16H,17,29H2,1-9H3. The number of hydrogen-bond acceptors (Lipinski definition) is 1. The van der Waals surface area contributed by atoms with Crippen LogP contribution < -0.4 is 5.59 Å². The highest BCUT2D eigenvalue weighted by atomic mass is 14.7. The molecule has 0 spiro atoms. The molecule has 0 unspecified atom stereocenters. The molecule has 0 aliphatic rings. The SMILES string of the molecule is Bc1cc2cc(CC(C)(C)C)ccc2c(-c2cc(C(C)(C)C)cc(C(C)(C)C)c2)n1. The van der Waals surface area contributed by atoms with Gasteiger partial charge >= 0.3 is 0 Å². The van der Waals surface area contributed by atoms with E-state index in [-0.39, 0.29) is 16.2 Å². The third-order valence-corrected chi connectivity index (χ3v) is 5.70. The Balaban J connectivity index is 2.25. The number of rotatable bonds is 2. The summed E-state index contributed by atoms with van der Waals surface area (Å²) in [7, 11) is 2.11. The number of nitrogens with zero attached hydrogens (tertiary/aromatic N) is 1. The molecule has 0 bridgehead atoms. The molecular formula is C28H38BN. The predicted octanol–water partition coefficient (Wildman–Crippen LogP) is 6.34. The van der Waals surface area contributed by atoms with Gasteiger partial charge in [-0.05, 0) is 68.5 Å². The first-order valence-electron chi connectivity index (χ1n) is 11.2. The van der Waals surface area contributed by atoms with Crippen LogP contribution in [0.5, 0.6) is 0 Å². The second-order valence-electron chi connectivity index (χ2n) is 12.2. The molecule has 0 radical (unpaired) electrons. The molecule has 0 amide bonds. The smallest absolute Gasteiger partial charge is 0.163 e. The van der Waals surface area contributed by atoms with Crippen LogP contribution in [-0.4, -0.2) is 12.8 Å². The number of hydrogen-bond donors (Lipinski definition) is 0. The topological polar surface area (TPSA) is 12.9 Å². The van der Waals surface area contributed by atoms with Crippen molar-refractivity contribution in [3.05, 3.63) is 59.2 Å². The van der Waals surface area contributed by atoms with Gasteiger partial charge in [-0.2, -0.15) is 0 Å². The fraction of sp³-hybridized carbons (Fsp3) is 0.464. The number of fused-ring (bicyclic) bond motifs is 1. The van der Waals surface area contributed by atoms with Gasteiger partial charge in [0, 0.05) is 10.9 Å². The molecule has 0 saturated carbocycles. The van der Waals surface area contributed by atoms with Crippen LogP contribution in [0.4, 0.5) is 0 Å². The van der Waals surface area contributed by atoms with E-state index in [9.17, 15) is 0 Å². The van der Waals surface area contributed by atoms with Crippen LogP contribution in [0, 0.1) is 5.41 Å². The fourth-order valence-electron chi connectivity index (χ4n) is 4.01. The summed E-state index contributed by atoms with van der Waals surface area (Å²) in [6.07, 6.45) is 1.08. The maximum atomic E-state index is 5.02. The lowest BCUT2D eigenvalue weighted by Gasteiger charge is -2.26. The van der Waals surface area contributed by atoms with E-state index in [1.54, 1.807) is 0 Å². The molecule has 2 aromatic carbocycles. The second-order valence-corrected chi connectivity index (χ2v) is 12.2. The molecule has 1 nitrogen and oxygen atoms in total. The Hall–Kier alpha value is -2.09. The minimum absolute atomic E-state index is 0.0928. The molecule has 0 atom stereocenters. The van der Waals surface area contributed by atoms with E-state index in [1.165, 1.54) is 33.0 Å². The summed E-state index contributed by atoms with van der Waals surface area (Å²) in [6.45, 7) is 20.6. The van der Waals surface area contributed by atoms with Crippen molar-refractivity contribution in [1.82, 2.24) is 4.98 Å². The van der Waals surface area contributed by atoms with Crippen LogP contribution in [-0.2, 0) is 17.3 Å². The van der Waals surface area contributed by atoms with Crippen molar-refractivity contribution >= 4 is 24.2 Å². The zero-order valence-corrected chi connectivity index (χ0v) is 20.7. The summed E-state index contributed by atoms with van der Waals surface area (Å²) in [5, 5.41) is 2.53. The van der Waals surface area contributed by atoms with E-state index in [0.29, 0.717) is 0 Å². The Morgan fingerprint density at radius 1 is 0.733 bits per heavy atom. The summed E-state index contributed by atoms with van der Waals surface area (Å²) in [5.74, 6) is 0. The Morgan fingerprint density at radius 3 is 1.80 bits per heavy atom. The number of aromatic nitrogens is 1. The van der Waals surface area contributed by atoms with Gasteiger partial charge in [0.2, 0.25) is 0 Å². The van der Waals surface area contributed by atoms with Crippen molar-refractivity contribution in [2.24, 2.45) is 5.41 Å². The predicted molar refractivity (Wildman–Crippen MR) is 136 cm³/mol. The van der Waals surface area contributed by atoms with Crippen LogP contribution in [0.2, 0.25) is 0 Å². The molecule has 1 heterocycles. The molecule has 0 aliphatic heterocycles. The van der Waals surface area contributed by atoms with E-state index in [2.05, 4.69) is 113 Å². The Morgan fingerprint density at radius 2 is 1.30 bits per heavy atom. The lowest BCUT2D eigenvalue weighted by atomic mass is 9.79. The third kappa shape index (κ3) is 5.15. The van der Waals surface area contributed by atoms with Gasteiger partial charge in [0.05, 0.1) is 5.69 Å². The van der Waals surface area contributed by atoms with Crippen LogP contribution >= 0.6 is 0 Å². The average molecular weight is 399 g/mol. The lowest BCUT2D eigenvalue weighted by Crippen LogP contribution is -2.17. The van der Waals surface area contributed by atoms with Crippen LogP contribution in [0.3, 0.4) is 0 Å². The monoisotopic (exact) mass is 399 g/mol. The molecule has 0 N–H and O–H groups in total. The van der Waals surface area contributed by atoms with E-state index in [1.807, 2.05) is 0 Å². The first-order valence-corrected chi connectivity index (χ1v) is 11.2. The highest BCUT2D eigenvalue weighted by Gasteiger charge is 2.22. The largest absolute Gasteiger partial charge is 0.263 e. The van der Waals surface area contributed by atoms with Gasteiger partial charge in [-0.15, -0.1) is 0 Å². The Labute approximate surface area is 184 Å². The van der Waals surface area contributed by atoms with Gasteiger partial charge in [0.25, 0.3) is 0 Å². The average Bonchev–Trinajstić information content (AvgIpc) is 2.57. The van der Waals surface area contributed by atoms with E-state index in [0.717, 1.165) is 17.7 Å². The quantitative estimate of drug-likeness (QED) is 0.458.